The number of benzene rings is 2. The fraction of sp³-hybridized carbons (Fsp3) is 0.348. The van der Waals surface area contributed by atoms with Gasteiger partial charge in [0, 0.05) is 10.9 Å². The van der Waals surface area contributed by atoms with E-state index in [1.54, 1.807) is 0 Å². The highest BCUT2D eigenvalue weighted by Crippen LogP contribution is 2.28. The van der Waals surface area contributed by atoms with Crippen LogP contribution in [-0.2, 0) is 6.42 Å². The molecule has 3 aromatic rings. The Morgan fingerprint density at radius 2 is 1.68 bits per heavy atom. The van der Waals surface area contributed by atoms with Gasteiger partial charge in [-0.3, -0.25) is 0 Å². The molecule has 128 valence electrons. The number of hydrogen-bond acceptors (Lipinski definition) is 2. The van der Waals surface area contributed by atoms with Crippen molar-refractivity contribution in [3.63, 3.8) is 0 Å². The van der Waals surface area contributed by atoms with Gasteiger partial charge >= 0.3 is 0 Å². The van der Waals surface area contributed by atoms with Crippen LogP contribution < -0.4 is 0 Å². The fourth-order valence-electron chi connectivity index (χ4n) is 3.92. The Kier molecular flexibility index (Phi) is 4.80. The van der Waals surface area contributed by atoms with Gasteiger partial charge in [-0.15, -0.1) is 0 Å². The van der Waals surface area contributed by atoms with Gasteiger partial charge in [0.2, 0.25) is 0 Å². The van der Waals surface area contributed by atoms with Crippen LogP contribution in [0.15, 0.2) is 60.7 Å². The van der Waals surface area contributed by atoms with E-state index in [9.17, 15) is 0 Å². The van der Waals surface area contributed by atoms with E-state index in [1.165, 1.54) is 48.9 Å². The molecule has 0 N–H and O–H groups in total. The molecule has 0 bridgehead atoms. The minimum atomic E-state index is 0.864. The summed E-state index contributed by atoms with van der Waals surface area (Å²) in [6, 6.07) is 21.4. The third kappa shape index (κ3) is 3.74. The van der Waals surface area contributed by atoms with Crippen LogP contribution in [0.4, 0.5) is 0 Å². The number of fused-ring (bicyclic) bond motifs is 1. The molecule has 25 heavy (non-hydrogen) atoms. The van der Waals surface area contributed by atoms with Crippen molar-refractivity contribution in [1.29, 1.82) is 0 Å². The summed E-state index contributed by atoms with van der Waals surface area (Å²) in [5, 5.41) is 1.31. The summed E-state index contributed by atoms with van der Waals surface area (Å²) >= 11 is 0. The van der Waals surface area contributed by atoms with Crippen molar-refractivity contribution in [2.75, 3.05) is 20.1 Å². The average molecular weight is 330 g/mol. The third-order valence-corrected chi connectivity index (χ3v) is 5.53. The first-order chi connectivity index (χ1) is 12.3. The summed E-state index contributed by atoms with van der Waals surface area (Å²) in [5.74, 6) is 0.864. The second kappa shape index (κ2) is 7.37. The van der Waals surface area contributed by atoms with Gasteiger partial charge in [0.15, 0.2) is 0 Å². The Hall–Kier alpha value is -2.19. The number of pyridine rings is 1. The van der Waals surface area contributed by atoms with E-state index >= 15 is 0 Å². The molecule has 0 radical (unpaired) electrons. The molecule has 2 nitrogen and oxygen atoms in total. The van der Waals surface area contributed by atoms with Gasteiger partial charge in [0.1, 0.15) is 0 Å². The van der Waals surface area contributed by atoms with Gasteiger partial charge in [-0.1, -0.05) is 48.5 Å². The van der Waals surface area contributed by atoms with Crippen LogP contribution in [0.2, 0.25) is 0 Å². The van der Waals surface area contributed by atoms with E-state index in [0.717, 1.165) is 23.5 Å². The van der Waals surface area contributed by atoms with E-state index in [-0.39, 0.29) is 0 Å². The van der Waals surface area contributed by atoms with Crippen LogP contribution in [0.1, 0.15) is 24.8 Å². The zero-order valence-electron chi connectivity index (χ0n) is 15.0. The van der Waals surface area contributed by atoms with Crippen LogP contribution in [-0.4, -0.2) is 30.0 Å². The average Bonchev–Trinajstić information content (AvgIpc) is 2.68. The molecule has 0 aliphatic carbocycles. The van der Waals surface area contributed by atoms with Crippen molar-refractivity contribution < 1.29 is 0 Å². The molecule has 2 aromatic carbocycles. The maximum absolute atomic E-state index is 4.90. The summed E-state index contributed by atoms with van der Waals surface area (Å²) in [5.41, 5.74) is 4.86. The van der Waals surface area contributed by atoms with Crippen LogP contribution in [0, 0.1) is 5.92 Å². The Morgan fingerprint density at radius 3 is 2.48 bits per heavy atom. The maximum atomic E-state index is 4.90. The molecule has 0 spiro atoms. The molecule has 0 atom stereocenters. The highest BCUT2D eigenvalue weighted by atomic mass is 15.1. The number of aromatic nitrogens is 1. The van der Waals surface area contributed by atoms with Gasteiger partial charge in [-0.25, -0.2) is 4.98 Å². The molecule has 4 rings (SSSR count). The van der Waals surface area contributed by atoms with E-state index in [2.05, 4.69) is 72.6 Å². The second-order valence-electron chi connectivity index (χ2n) is 7.34. The van der Waals surface area contributed by atoms with Crippen molar-refractivity contribution in [2.24, 2.45) is 5.92 Å². The lowest BCUT2D eigenvalue weighted by Crippen LogP contribution is -2.30. The fourth-order valence-corrected chi connectivity index (χ4v) is 3.92. The Balaban J connectivity index is 1.62. The molecule has 1 saturated heterocycles. The minimum absolute atomic E-state index is 0.864. The van der Waals surface area contributed by atoms with Crippen LogP contribution >= 0.6 is 0 Å². The molecule has 2 heterocycles. The summed E-state index contributed by atoms with van der Waals surface area (Å²) in [4.78, 5) is 7.35. The SMILES string of the molecule is CN1CCC(CCc2cc(-c3ccccc3)nc3ccccc23)CC1. The lowest BCUT2D eigenvalue weighted by atomic mass is 9.89. The Bertz CT molecular complexity index is 833. The molecule has 2 heteroatoms. The molecule has 1 aliphatic heterocycles. The summed E-state index contributed by atoms with van der Waals surface area (Å²) < 4.78 is 0. The van der Waals surface area contributed by atoms with Crippen molar-refractivity contribution >= 4 is 10.9 Å². The maximum Gasteiger partial charge on any atom is 0.0712 e. The number of aryl methyl sites for hydroxylation is 1. The van der Waals surface area contributed by atoms with Crippen molar-refractivity contribution in [3.05, 3.63) is 66.2 Å². The van der Waals surface area contributed by atoms with Crippen LogP contribution in [0.3, 0.4) is 0 Å². The molecule has 1 aromatic heterocycles. The normalized spacial score (nSPS) is 16.4. The lowest BCUT2D eigenvalue weighted by molar-refractivity contribution is 0.212. The minimum Gasteiger partial charge on any atom is -0.306 e. The highest BCUT2D eigenvalue weighted by Gasteiger charge is 2.17. The quantitative estimate of drug-likeness (QED) is 0.655. The van der Waals surface area contributed by atoms with Gasteiger partial charge in [0.25, 0.3) is 0 Å². The van der Waals surface area contributed by atoms with E-state index in [4.69, 9.17) is 4.98 Å². The van der Waals surface area contributed by atoms with E-state index in [1.807, 2.05) is 0 Å². The summed E-state index contributed by atoms with van der Waals surface area (Å²) in [6.45, 7) is 2.49. The zero-order chi connectivity index (χ0) is 17.1. The number of hydrogen-bond donors (Lipinski definition) is 0. The standard InChI is InChI=1S/C23H26N2/c1-25-15-13-18(14-16-25)11-12-20-17-23(19-7-3-2-4-8-19)24-22-10-6-5-9-21(20)22/h2-10,17-18H,11-16H2,1H3. The number of nitrogens with zero attached hydrogens (tertiary/aromatic N) is 2. The van der Waals surface area contributed by atoms with Gasteiger partial charge < -0.3 is 4.90 Å². The molecule has 1 fully saturated rings. The van der Waals surface area contributed by atoms with Gasteiger partial charge in [-0.2, -0.15) is 0 Å². The number of rotatable bonds is 4. The predicted molar refractivity (Wildman–Crippen MR) is 106 cm³/mol. The van der Waals surface area contributed by atoms with Gasteiger partial charge in [-0.05, 0) is 69.4 Å². The molecular weight excluding hydrogens is 304 g/mol. The van der Waals surface area contributed by atoms with Gasteiger partial charge in [0.05, 0.1) is 11.2 Å². The Morgan fingerprint density at radius 1 is 0.960 bits per heavy atom. The monoisotopic (exact) mass is 330 g/mol. The van der Waals surface area contributed by atoms with Crippen molar-refractivity contribution in [3.8, 4) is 11.3 Å². The molecular formula is C23H26N2. The molecule has 0 saturated carbocycles. The zero-order valence-corrected chi connectivity index (χ0v) is 15.0. The van der Waals surface area contributed by atoms with Crippen LogP contribution in [0.5, 0.6) is 0 Å². The Labute approximate surface area is 150 Å². The molecule has 0 amide bonds. The largest absolute Gasteiger partial charge is 0.306 e. The summed E-state index contributed by atoms with van der Waals surface area (Å²) in [7, 11) is 2.23. The number of para-hydroxylation sites is 1. The molecule has 0 unspecified atom stereocenters. The first-order valence-electron chi connectivity index (χ1n) is 9.42. The van der Waals surface area contributed by atoms with Crippen molar-refractivity contribution in [2.45, 2.75) is 25.7 Å². The van der Waals surface area contributed by atoms with E-state index < -0.39 is 0 Å². The third-order valence-electron chi connectivity index (χ3n) is 5.53. The van der Waals surface area contributed by atoms with E-state index in [0.29, 0.717) is 0 Å². The van der Waals surface area contributed by atoms with Crippen LogP contribution in [0.25, 0.3) is 22.2 Å². The smallest absolute Gasteiger partial charge is 0.0712 e. The highest BCUT2D eigenvalue weighted by molar-refractivity contribution is 5.85. The summed E-state index contributed by atoms with van der Waals surface area (Å²) in [6.07, 6.45) is 5.11. The van der Waals surface area contributed by atoms with Crippen molar-refractivity contribution in [1.82, 2.24) is 9.88 Å². The number of likely N-dealkylation sites (tertiary alicyclic amines) is 1. The first kappa shape index (κ1) is 16.3. The lowest BCUT2D eigenvalue weighted by Gasteiger charge is -2.29. The second-order valence-corrected chi connectivity index (χ2v) is 7.34. The predicted octanol–water partition coefficient (Wildman–Crippen LogP) is 5.18. The first-order valence-corrected chi connectivity index (χ1v) is 9.42. The topological polar surface area (TPSA) is 16.1 Å². The molecule has 1 aliphatic rings. The number of piperidine rings is 1.